The van der Waals surface area contributed by atoms with Crippen molar-refractivity contribution in [3.8, 4) is 0 Å². The lowest BCUT2D eigenvalue weighted by Crippen LogP contribution is -2.31. The third kappa shape index (κ3) is 4.37. The van der Waals surface area contributed by atoms with Crippen LogP contribution in [0, 0.1) is 11.3 Å². The van der Waals surface area contributed by atoms with Crippen LogP contribution < -0.4 is 5.32 Å². The molecule has 3 heteroatoms. The maximum absolute atomic E-state index is 12.2. The van der Waals surface area contributed by atoms with Gasteiger partial charge in [0.2, 0.25) is 0 Å². The molecule has 0 heterocycles. The molecule has 3 nitrogen and oxygen atoms in total. The number of ether oxygens (including phenoxy) is 1. The lowest BCUT2D eigenvalue weighted by Gasteiger charge is -2.36. The molecule has 0 amide bonds. The predicted octanol–water partition coefficient (Wildman–Crippen LogP) is 4.61. The van der Waals surface area contributed by atoms with Gasteiger partial charge in [-0.3, -0.25) is 0 Å². The van der Waals surface area contributed by atoms with E-state index in [4.69, 9.17) is 4.74 Å². The number of nitrogens with one attached hydrogen (secondary N) is 1. The Hall–Kier alpha value is -1.77. The second kappa shape index (κ2) is 7.20. The Morgan fingerprint density at radius 1 is 1.26 bits per heavy atom. The summed E-state index contributed by atoms with van der Waals surface area (Å²) in [7, 11) is 1.47. The zero-order valence-corrected chi connectivity index (χ0v) is 15.0. The van der Waals surface area contributed by atoms with E-state index in [1.807, 2.05) is 18.2 Å². The molecule has 1 aromatic carbocycles. The third-order valence-corrected chi connectivity index (χ3v) is 4.90. The first-order chi connectivity index (χ1) is 10.8. The second-order valence-electron chi connectivity index (χ2n) is 7.53. The van der Waals surface area contributed by atoms with E-state index >= 15 is 0 Å². The van der Waals surface area contributed by atoms with Crippen LogP contribution in [0.2, 0.25) is 0 Å². The van der Waals surface area contributed by atoms with E-state index in [0.717, 1.165) is 30.5 Å². The van der Waals surface area contributed by atoms with Gasteiger partial charge in [-0.05, 0) is 43.1 Å². The molecule has 2 rings (SSSR count). The van der Waals surface area contributed by atoms with Gasteiger partial charge in [0.15, 0.2) is 0 Å². The fourth-order valence-electron chi connectivity index (χ4n) is 3.26. The third-order valence-electron chi connectivity index (χ3n) is 4.90. The normalized spacial score (nSPS) is 20.1. The summed E-state index contributed by atoms with van der Waals surface area (Å²) in [6.45, 7) is 8.87. The minimum Gasteiger partial charge on any atom is -0.466 e. The highest BCUT2D eigenvalue weighted by molar-refractivity contribution is 5.89. The Morgan fingerprint density at radius 2 is 1.91 bits per heavy atom. The lowest BCUT2D eigenvalue weighted by molar-refractivity contribution is -0.136. The molecule has 0 bridgehead atoms. The van der Waals surface area contributed by atoms with E-state index in [1.165, 1.54) is 12.7 Å². The monoisotopic (exact) mass is 315 g/mol. The van der Waals surface area contributed by atoms with E-state index in [1.54, 1.807) is 0 Å². The van der Waals surface area contributed by atoms with Crippen molar-refractivity contribution in [3.63, 3.8) is 0 Å². The molecule has 23 heavy (non-hydrogen) atoms. The van der Waals surface area contributed by atoms with Crippen molar-refractivity contribution in [1.29, 1.82) is 0 Å². The first kappa shape index (κ1) is 17.6. The van der Waals surface area contributed by atoms with Gasteiger partial charge in [-0.2, -0.15) is 0 Å². The van der Waals surface area contributed by atoms with Gasteiger partial charge in [-0.25, -0.2) is 4.79 Å². The average Bonchev–Trinajstić information content (AvgIpc) is 2.54. The number of rotatable bonds is 4. The molecule has 0 fully saturated rings. The summed E-state index contributed by atoms with van der Waals surface area (Å²) in [6, 6.07) is 10.5. The van der Waals surface area contributed by atoms with Gasteiger partial charge >= 0.3 is 5.97 Å². The Morgan fingerprint density at radius 3 is 2.48 bits per heavy atom. The minimum absolute atomic E-state index is 0.178. The molecule has 0 saturated heterocycles. The number of allylic oxidation sites excluding steroid dienone is 1. The highest BCUT2D eigenvalue weighted by Crippen LogP contribution is 2.40. The number of carbonyl (C=O) groups excluding carboxylic acids is 1. The van der Waals surface area contributed by atoms with Crippen molar-refractivity contribution in [1.82, 2.24) is 5.32 Å². The SMILES string of the molecule is COC(=O)C1=C(NC(C)c2ccccc2)CCC(C(C)(C)C)C1. The van der Waals surface area contributed by atoms with Crippen LogP contribution in [-0.2, 0) is 9.53 Å². The average molecular weight is 315 g/mol. The van der Waals surface area contributed by atoms with Gasteiger partial charge in [-0.1, -0.05) is 51.1 Å². The summed E-state index contributed by atoms with van der Waals surface area (Å²) < 4.78 is 5.03. The molecule has 126 valence electrons. The van der Waals surface area contributed by atoms with Crippen molar-refractivity contribution in [2.75, 3.05) is 7.11 Å². The van der Waals surface area contributed by atoms with E-state index in [2.05, 4.69) is 45.1 Å². The van der Waals surface area contributed by atoms with E-state index in [0.29, 0.717) is 5.92 Å². The molecular weight excluding hydrogens is 286 g/mol. The highest BCUT2D eigenvalue weighted by Gasteiger charge is 2.33. The number of carbonyl (C=O) groups is 1. The van der Waals surface area contributed by atoms with Crippen molar-refractivity contribution < 1.29 is 9.53 Å². The maximum atomic E-state index is 12.2. The Balaban J connectivity index is 2.22. The van der Waals surface area contributed by atoms with Gasteiger partial charge in [0.25, 0.3) is 0 Å². The fraction of sp³-hybridized carbons (Fsp3) is 0.550. The van der Waals surface area contributed by atoms with Crippen LogP contribution >= 0.6 is 0 Å². The molecule has 0 radical (unpaired) electrons. The summed E-state index contributed by atoms with van der Waals surface area (Å²) in [6.07, 6.45) is 2.80. The number of esters is 1. The minimum atomic E-state index is -0.193. The summed E-state index contributed by atoms with van der Waals surface area (Å²) in [5.74, 6) is 0.316. The Bertz CT molecular complexity index is 569. The number of hydrogen-bond acceptors (Lipinski definition) is 3. The first-order valence-electron chi connectivity index (χ1n) is 8.44. The van der Waals surface area contributed by atoms with Gasteiger partial charge in [0.1, 0.15) is 0 Å². The molecule has 0 spiro atoms. The molecular formula is C20H29NO2. The Labute approximate surface area is 140 Å². The molecule has 1 aliphatic rings. The van der Waals surface area contributed by atoms with Gasteiger partial charge < -0.3 is 10.1 Å². The number of methoxy groups -OCH3 is 1. The van der Waals surface area contributed by atoms with Crippen LogP contribution in [-0.4, -0.2) is 13.1 Å². The molecule has 1 N–H and O–H groups in total. The zero-order valence-electron chi connectivity index (χ0n) is 15.0. The van der Waals surface area contributed by atoms with Crippen LogP contribution in [0.25, 0.3) is 0 Å². The van der Waals surface area contributed by atoms with Crippen molar-refractivity contribution in [2.24, 2.45) is 11.3 Å². The largest absolute Gasteiger partial charge is 0.466 e. The maximum Gasteiger partial charge on any atom is 0.335 e. The smallest absolute Gasteiger partial charge is 0.335 e. The molecule has 1 aliphatic carbocycles. The Kier molecular flexibility index (Phi) is 5.51. The van der Waals surface area contributed by atoms with E-state index < -0.39 is 0 Å². The van der Waals surface area contributed by atoms with Gasteiger partial charge in [-0.15, -0.1) is 0 Å². The molecule has 2 unspecified atom stereocenters. The van der Waals surface area contributed by atoms with E-state index in [9.17, 15) is 4.79 Å². The summed E-state index contributed by atoms with van der Waals surface area (Å²) in [4.78, 5) is 12.2. The van der Waals surface area contributed by atoms with Crippen LogP contribution in [0.5, 0.6) is 0 Å². The summed E-state index contributed by atoms with van der Waals surface area (Å²) in [5.41, 5.74) is 3.30. The van der Waals surface area contributed by atoms with Crippen molar-refractivity contribution >= 4 is 5.97 Å². The van der Waals surface area contributed by atoms with E-state index in [-0.39, 0.29) is 17.4 Å². The van der Waals surface area contributed by atoms with Crippen LogP contribution in [0.4, 0.5) is 0 Å². The topological polar surface area (TPSA) is 38.3 Å². The predicted molar refractivity (Wildman–Crippen MR) is 93.8 cm³/mol. The van der Waals surface area contributed by atoms with Crippen molar-refractivity contribution in [3.05, 3.63) is 47.2 Å². The van der Waals surface area contributed by atoms with Crippen molar-refractivity contribution in [2.45, 2.75) is 53.0 Å². The number of benzene rings is 1. The van der Waals surface area contributed by atoms with Crippen LogP contribution in [0.3, 0.4) is 0 Å². The standard InChI is InChI=1S/C20H29NO2/c1-14(15-9-7-6-8-10-15)21-18-12-11-16(20(2,3)4)13-17(18)19(22)23-5/h6-10,14,16,21H,11-13H2,1-5H3. The quantitative estimate of drug-likeness (QED) is 0.825. The molecule has 1 aromatic rings. The highest BCUT2D eigenvalue weighted by atomic mass is 16.5. The second-order valence-corrected chi connectivity index (χ2v) is 7.53. The molecule has 0 aliphatic heterocycles. The molecule has 0 aromatic heterocycles. The molecule has 2 atom stereocenters. The van der Waals surface area contributed by atoms with Crippen LogP contribution in [0.1, 0.15) is 58.6 Å². The molecule has 0 saturated carbocycles. The zero-order chi connectivity index (χ0) is 17.0. The summed E-state index contributed by atoms with van der Waals surface area (Å²) >= 11 is 0. The first-order valence-corrected chi connectivity index (χ1v) is 8.44. The number of hydrogen-bond donors (Lipinski definition) is 1. The van der Waals surface area contributed by atoms with Gasteiger partial charge in [0.05, 0.1) is 12.7 Å². The lowest BCUT2D eigenvalue weighted by atomic mass is 9.71. The fourth-order valence-corrected chi connectivity index (χ4v) is 3.26. The van der Waals surface area contributed by atoms with Crippen LogP contribution in [0.15, 0.2) is 41.6 Å². The summed E-state index contributed by atoms with van der Waals surface area (Å²) in [5, 5.41) is 3.55. The van der Waals surface area contributed by atoms with Gasteiger partial charge in [0, 0.05) is 11.7 Å².